The van der Waals surface area contributed by atoms with Crippen LogP contribution in [0, 0.1) is 5.82 Å². The number of benzene rings is 1. The minimum atomic E-state index is -0.281. The maximum atomic E-state index is 13.3. The molecule has 0 saturated carbocycles. The van der Waals surface area contributed by atoms with Crippen molar-refractivity contribution in [1.82, 2.24) is 5.32 Å². The molecule has 0 spiro atoms. The van der Waals surface area contributed by atoms with Gasteiger partial charge in [0, 0.05) is 11.6 Å². The van der Waals surface area contributed by atoms with Crippen molar-refractivity contribution in [2.75, 3.05) is 6.54 Å². The Hall–Kier alpha value is -0.310. The lowest BCUT2D eigenvalue weighted by Gasteiger charge is -2.28. The molecule has 1 aliphatic heterocycles. The summed E-state index contributed by atoms with van der Waals surface area (Å²) in [6, 6.07) is 5.29. The molecule has 4 heteroatoms. The highest BCUT2D eigenvalue weighted by Gasteiger charge is 2.22. The molecule has 0 bridgehead atoms. The van der Waals surface area contributed by atoms with Gasteiger partial charge in [0.2, 0.25) is 0 Å². The van der Waals surface area contributed by atoms with E-state index in [1.807, 2.05) is 0 Å². The molecule has 0 unspecified atom stereocenters. The maximum Gasteiger partial charge on any atom is 0.146 e. The van der Waals surface area contributed by atoms with Gasteiger partial charge in [0.25, 0.3) is 0 Å². The van der Waals surface area contributed by atoms with E-state index in [-0.39, 0.29) is 29.3 Å². The lowest BCUT2D eigenvalue weighted by molar-refractivity contribution is 0.370. The first-order valence-corrected chi connectivity index (χ1v) is 4.34. The Morgan fingerprint density at radius 2 is 2.15 bits per heavy atom. The topological polar surface area (TPSA) is 12.0 Å². The summed E-state index contributed by atoms with van der Waals surface area (Å²) < 4.78 is 13.3. The molecule has 1 atom stereocenters. The van der Waals surface area contributed by atoms with Crippen LogP contribution >= 0.6 is 24.0 Å². The van der Waals surface area contributed by atoms with E-state index >= 15 is 0 Å². The van der Waals surface area contributed by atoms with Gasteiger partial charge in [-0.1, -0.05) is 23.7 Å². The molecule has 1 N–H and O–H groups in total. The van der Waals surface area contributed by atoms with Gasteiger partial charge < -0.3 is 5.32 Å². The molecule has 1 aliphatic rings. The van der Waals surface area contributed by atoms with E-state index in [0.29, 0.717) is 5.56 Å². The SMILES string of the molecule is Cl.Fc1c(Cl)cccc1[C@@H]1CCN1. The number of nitrogens with one attached hydrogen (secondary N) is 1. The van der Waals surface area contributed by atoms with E-state index in [0.717, 1.165) is 13.0 Å². The normalized spacial score (nSPS) is 20.3. The van der Waals surface area contributed by atoms with Crippen LogP contribution in [0.4, 0.5) is 4.39 Å². The fraction of sp³-hybridized carbons (Fsp3) is 0.333. The average molecular weight is 222 g/mol. The van der Waals surface area contributed by atoms with Gasteiger partial charge in [0.15, 0.2) is 0 Å². The van der Waals surface area contributed by atoms with Crippen LogP contribution in [0.3, 0.4) is 0 Å². The summed E-state index contributed by atoms with van der Waals surface area (Å²) >= 11 is 5.64. The van der Waals surface area contributed by atoms with Crippen LogP contribution in [0.15, 0.2) is 18.2 Å². The zero-order valence-corrected chi connectivity index (χ0v) is 8.46. The predicted octanol–water partition coefficient (Wildman–Crippen LogP) is 2.94. The number of halogens is 3. The summed E-state index contributed by atoms with van der Waals surface area (Å²) in [5, 5.41) is 3.34. The van der Waals surface area contributed by atoms with Crippen LogP contribution in [0.2, 0.25) is 5.02 Å². The fourth-order valence-electron chi connectivity index (χ4n) is 1.34. The third kappa shape index (κ3) is 1.96. The molecular weight excluding hydrogens is 212 g/mol. The van der Waals surface area contributed by atoms with Crippen LogP contribution in [0.5, 0.6) is 0 Å². The zero-order chi connectivity index (χ0) is 8.55. The first kappa shape index (κ1) is 10.8. The van der Waals surface area contributed by atoms with E-state index in [9.17, 15) is 4.39 Å². The Kier molecular flexibility index (Phi) is 3.54. The van der Waals surface area contributed by atoms with Crippen LogP contribution < -0.4 is 5.32 Å². The van der Waals surface area contributed by atoms with Crippen LogP contribution in [-0.4, -0.2) is 6.54 Å². The molecule has 0 aromatic heterocycles. The summed E-state index contributed by atoms with van der Waals surface area (Å²) in [5.74, 6) is -0.281. The predicted molar refractivity (Wildman–Crippen MR) is 54.0 cm³/mol. The highest BCUT2D eigenvalue weighted by molar-refractivity contribution is 6.30. The first-order chi connectivity index (χ1) is 5.79. The van der Waals surface area contributed by atoms with Gasteiger partial charge in [-0.25, -0.2) is 4.39 Å². The summed E-state index contributed by atoms with van der Waals surface area (Å²) in [7, 11) is 0. The molecule has 13 heavy (non-hydrogen) atoms. The molecule has 1 nitrogen and oxygen atoms in total. The standard InChI is InChI=1S/C9H9ClFN.ClH/c10-7-3-1-2-6(9(7)11)8-4-5-12-8;/h1-3,8,12H,4-5H2;1H/t8-;/m0./s1. The lowest BCUT2D eigenvalue weighted by Crippen LogP contribution is -2.35. The third-order valence-corrected chi connectivity index (χ3v) is 2.47. The molecule has 72 valence electrons. The summed E-state index contributed by atoms with van der Waals surface area (Å²) in [6.45, 7) is 0.969. The van der Waals surface area contributed by atoms with E-state index in [1.165, 1.54) is 0 Å². The number of hydrogen-bond donors (Lipinski definition) is 1. The molecule has 0 amide bonds. The highest BCUT2D eigenvalue weighted by Crippen LogP contribution is 2.28. The van der Waals surface area contributed by atoms with E-state index in [1.54, 1.807) is 18.2 Å². The number of rotatable bonds is 1. The highest BCUT2D eigenvalue weighted by atomic mass is 35.5. The van der Waals surface area contributed by atoms with Crippen molar-refractivity contribution in [3.63, 3.8) is 0 Å². The molecule has 1 fully saturated rings. The van der Waals surface area contributed by atoms with Crippen molar-refractivity contribution in [2.45, 2.75) is 12.5 Å². The van der Waals surface area contributed by atoms with Crippen molar-refractivity contribution >= 4 is 24.0 Å². The van der Waals surface area contributed by atoms with Gasteiger partial charge in [-0.2, -0.15) is 0 Å². The monoisotopic (exact) mass is 221 g/mol. The Morgan fingerprint density at radius 1 is 1.46 bits per heavy atom. The van der Waals surface area contributed by atoms with Crippen molar-refractivity contribution in [2.24, 2.45) is 0 Å². The minimum Gasteiger partial charge on any atom is -0.310 e. The van der Waals surface area contributed by atoms with E-state index in [4.69, 9.17) is 11.6 Å². The van der Waals surface area contributed by atoms with Gasteiger partial charge in [-0.3, -0.25) is 0 Å². The van der Waals surface area contributed by atoms with Gasteiger partial charge in [-0.05, 0) is 19.0 Å². The molecule has 0 aliphatic carbocycles. The Balaban J connectivity index is 0.000000845. The second-order valence-electron chi connectivity index (χ2n) is 2.94. The van der Waals surface area contributed by atoms with Gasteiger partial charge >= 0.3 is 0 Å². The summed E-state index contributed by atoms with van der Waals surface area (Å²) in [6.07, 6.45) is 0.997. The largest absolute Gasteiger partial charge is 0.310 e. The van der Waals surface area contributed by atoms with Crippen molar-refractivity contribution in [3.8, 4) is 0 Å². The Labute approximate surface area is 87.7 Å². The second kappa shape index (κ2) is 4.27. The Morgan fingerprint density at radius 3 is 2.69 bits per heavy atom. The number of hydrogen-bond acceptors (Lipinski definition) is 1. The van der Waals surface area contributed by atoms with E-state index < -0.39 is 0 Å². The molecule has 1 heterocycles. The molecule has 2 rings (SSSR count). The quantitative estimate of drug-likeness (QED) is 0.770. The molecular formula is C9H10Cl2FN. The molecule has 1 aromatic rings. The van der Waals surface area contributed by atoms with Crippen LogP contribution in [-0.2, 0) is 0 Å². The lowest BCUT2D eigenvalue weighted by atomic mass is 9.98. The minimum absolute atomic E-state index is 0. The molecule has 1 aromatic carbocycles. The van der Waals surface area contributed by atoms with Gasteiger partial charge in [0.1, 0.15) is 5.82 Å². The van der Waals surface area contributed by atoms with Gasteiger partial charge in [0.05, 0.1) is 5.02 Å². The van der Waals surface area contributed by atoms with Crippen molar-refractivity contribution in [1.29, 1.82) is 0 Å². The summed E-state index contributed by atoms with van der Waals surface area (Å²) in [5.41, 5.74) is 0.689. The van der Waals surface area contributed by atoms with Crippen molar-refractivity contribution < 1.29 is 4.39 Å². The smallest absolute Gasteiger partial charge is 0.146 e. The van der Waals surface area contributed by atoms with Crippen molar-refractivity contribution in [3.05, 3.63) is 34.6 Å². The Bertz CT molecular complexity index is 300. The zero-order valence-electron chi connectivity index (χ0n) is 6.89. The van der Waals surface area contributed by atoms with Crippen LogP contribution in [0.25, 0.3) is 0 Å². The third-order valence-electron chi connectivity index (χ3n) is 2.18. The summed E-state index contributed by atoms with van der Waals surface area (Å²) in [4.78, 5) is 0. The average Bonchev–Trinajstić information content (AvgIpc) is 1.95. The second-order valence-corrected chi connectivity index (χ2v) is 3.35. The fourth-order valence-corrected chi connectivity index (χ4v) is 1.53. The van der Waals surface area contributed by atoms with Crippen LogP contribution in [0.1, 0.15) is 18.0 Å². The molecule has 0 radical (unpaired) electrons. The first-order valence-electron chi connectivity index (χ1n) is 3.96. The maximum absolute atomic E-state index is 13.3. The van der Waals surface area contributed by atoms with Gasteiger partial charge in [-0.15, -0.1) is 12.4 Å². The molecule has 1 saturated heterocycles. The van der Waals surface area contributed by atoms with E-state index in [2.05, 4.69) is 5.32 Å².